The van der Waals surface area contributed by atoms with Crippen LogP contribution in [0.25, 0.3) is 5.69 Å². The van der Waals surface area contributed by atoms with Gasteiger partial charge in [0.05, 0.1) is 16.3 Å². The lowest BCUT2D eigenvalue weighted by Gasteiger charge is -2.22. The fourth-order valence-corrected chi connectivity index (χ4v) is 3.26. The molecular weight excluding hydrogens is 296 g/mol. The van der Waals surface area contributed by atoms with E-state index in [1.807, 2.05) is 6.92 Å². The molecule has 0 radical (unpaired) electrons. The van der Waals surface area contributed by atoms with Crippen LogP contribution in [-0.2, 0) is 0 Å². The van der Waals surface area contributed by atoms with Crippen LogP contribution in [0.2, 0.25) is 0 Å². The zero-order chi connectivity index (χ0) is 16.4. The molecule has 0 bridgehead atoms. The number of non-ortho nitro benzene ring substituents is 1. The summed E-state index contributed by atoms with van der Waals surface area (Å²) >= 11 is 0. The first-order chi connectivity index (χ1) is 11.1. The summed E-state index contributed by atoms with van der Waals surface area (Å²) in [6.07, 6.45) is 6.12. The molecule has 0 N–H and O–H groups in total. The van der Waals surface area contributed by atoms with Crippen LogP contribution in [-0.4, -0.2) is 26.2 Å². The Labute approximate surface area is 133 Å². The zero-order valence-corrected chi connectivity index (χ0v) is 12.9. The van der Waals surface area contributed by atoms with Crippen molar-refractivity contribution < 1.29 is 9.72 Å². The summed E-state index contributed by atoms with van der Waals surface area (Å²) < 4.78 is 1.61. The van der Waals surface area contributed by atoms with Crippen LogP contribution in [0, 0.1) is 17.0 Å². The average Bonchev–Trinajstić information content (AvgIpc) is 2.99. The van der Waals surface area contributed by atoms with E-state index in [9.17, 15) is 14.9 Å². The normalized spacial score (nSPS) is 15.5. The first kappa shape index (κ1) is 15.3. The number of hydrogen-bond donors (Lipinski definition) is 0. The largest absolute Gasteiger partial charge is 0.296 e. The Bertz CT molecular complexity index is 748. The number of aromatic nitrogens is 3. The van der Waals surface area contributed by atoms with E-state index >= 15 is 0 Å². The Hall–Kier alpha value is -2.57. The van der Waals surface area contributed by atoms with Crippen LogP contribution in [0.3, 0.4) is 0 Å². The first-order valence-electron chi connectivity index (χ1n) is 7.78. The highest BCUT2D eigenvalue weighted by Gasteiger charge is 2.26. The molecule has 3 rings (SSSR count). The van der Waals surface area contributed by atoms with Gasteiger partial charge in [0.1, 0.15) is 5.69 Å². The van der Waals surface area contributed by atoms with Gasteiger partial charge in [0.25, 0.3) is 5.69 Å². The van der Waals surface area contributed by atoms with Crippen LogP contribution < -0.4 is 0 Å². The maximum Gasteiger partial charge on any atom is 0.271 e. The van der Waals surface area contributed by atoms with E-state index in [0.717, 1.165) is 43.2 Å². The Morgan fingerprint density at radius 3 is 2.70 bits per heavy atom. The van der Waals surface area contributed by atoms with Gasteiger partial charge in [0, 0.05) is 18.1 Å². The fraction of sp³-hybridized carbons (Fsp3) is 0.438. The highest BCUT2D eigenvalue weighted by atomic mass is 16.6. The molecule has 1 aliphatic carbocycles. The maximum absolute atomic E-state index is 11.4. The van der Waals surface area contributed by atoms with Gasteiger partial charge >= 0.3 is 0 Å². The summed E-state index contributed by atoms with van der Waals surface area (Å²) in [4.78, 5) is 22.0. The molecule has 1 aliphatic rings. The number of rotatable bonds is 4. The predicted molar refractivity (Wildman–Crippen MR) is 84.0 cm³/mol. The molecule has 0 spiro atoms. The van der Waals surface area contributed by atoms with E-state index in [2.05, 4.69) is 10.3 Å². The van der Waals surface area contributed by atoms with Crippen LogP contribution in [0.15, 0.2) is 18.2 Å². The molecule has 1 fully saturated rings. The van der Waals surface area contributed by atoms with Crippen molar-refractivity contribution in [3.8, 4) is 5.69 Å². The highest BCUT2D eigenvalue weighted by molar-refractivity contribution is 5.74. The molecule has 0 aliphatic heterocycles. The van der Waals surface area contributed by atoms with Gasteiger partial charge in [-0.1, -0.05) is 30.5 Å². The smallest absolute Gasteiger partial charge is 0.271 e. The molecular formula is C16H18N4O3. The summed E-state index contributed by atoms with van der Waals surface area (Å²) in [6, 6.07) is 4.65. The van der Waals surface area contributed by atoms with Crippen LogP contribution >= 0.6 is 0 Å². The number of nitro groups is 1. The minimum atomic E-state index is -0.430. The molecule has 7 heteroatoms. The Morgan fingerprint density at radius 2 is 2.04 bits per heavy atom. The van der Waals surface area contributed by atoms with Crippen molar-refractivity contribution in [2.24, 2.45) is 0 Å². The van der Waals surface area contributed by atoms with Gasteiger partial charge in [0.15, 0.2) is 6.29 Å². The number of benzene rings is 1. The second kappa shape index (κ2) is 6.28. The summed E-state index contributed by atoms with van der Waals surface area (Å²) in [6.45, 7) is 1.87. The molecule has 0 atom stereocenters. The molecule has 1 aromatic heterocycles. The third-order valence-corrected chi connectivity index (χ3v) is 4.47. The third-order valence-electron chi connectivity index (χ3n) is 4.47. The number of aldehydes is 1. The van der Waals surface area contributed by atoms with Gasteiger partial charge < -0.3 is 0 Å². The molecule has 23 heavy (non-hydrogen) atoms. The maximum atomic E-state index is 11.4. The van der Waals surface area contributed by atoms with Gasteiger partial charge in [-0.2, -0.15) is 0 Å². The van der Waals surface area contributed by atoms with Crippen molar-refractivity contribution in [2.45, 2.75) is 44.9 Å². The van der Waals surface area contributed by atoms with Crippen molar-refractivity contribution >= 4 is 12.0 Å². The number of aryl methyl sites for hydroxylation is 1. The van der Waals surface area contributed by atoms with Gasteiger partial charge in [-0.15, -0.1) is 5.10 Å². The molecule has 1 saturated carbocycles. The topological polar surface area (TPSA) is 90.9 Å². The third kappa shape index (κ3) is 2.86. The number of nitrogens with zero attached hydrogens (tertiary/aromatic N) is 4. The quantitative estimate of drug-likeness (QED) is 0.490. The lowest BCUT2D eigenvalue weighted by molar-refractivity contribution is -0.384. The average molecular weight is 314 g/mol. The van der Waals surface area contributed by atoms with E-state index in [0.29, 0.717) is 11.4 Å². The van der Waals surface area contributed by atoms with Crippen LogP contribution in [0.1, 0.15) is 59.8 Å². The Morgan fingerprint density at radius 1 is 1.30 bits per heavy atom. The van der Waals surface area contributed by atoms with Crippen LogP contribution in [0.5, 0.6) is 0 Å². The minimum Gasteiger partial charge on any atom is -0.296 e. The van der Waals surface area contributed by atoms with Gasteiger partial charge in [-0.05, 0) is 25.3 Å². The van der Waals surface area contributed by atoms with Crippen molar-refractivity contribution in [2.75, 3.05) is 0 Å². The number of carbonyl (C=O) groups is 1. The van der Waals surface area contributed by atoms with E-state index in [4.69, 9.17) is 0 Å². The van der Waals surface area contributed by atoms with Crippen molar-refractivity contribution in [1.29, 1.82) is 0 Å². The molecule has 0 saturated heterocycles. The van der Waals surface area contributed by atoms with Gasteiger partial charge in [0.2, 0.25) is 0 Å². The zero-order valence-electron chi connectivity index (χ0n) is 12.9. The molecule has 0 amide bonds. The van der Waals surface area contributed by atoms with Crippen molar-refractivity contribution in [3.63, 3.8) is 0 Å². The van der Waals surface area contributed by atoms with E-state index in [1.165, 1.54) is 18.6 Å². The number of nitro benzene ring substituents is 1. The predicted octanol–water partition coefficient (Wildman–Crippen LogP) is 3.34. The van der Waals surface area contributed by atoms with E-state index < -0.39 is 4.92 Å². The lowest BCUT2D eigenvalue weighted by atomic mass is 9.86. The summed E-state index contributed by atoms with van der Waals surface area (Å²) in [5, 5.41) is 19.1. The van der Waals surface area contributed by atoms with Crippen molar-refractivity contribution in [3.05, 3.63) is 45.3 Å². The number of hydrogen-bond acceptors (Lipinski definition) is 5. The summed E-state index contributed by atoms with van der Waals surface area (Å²) in [7, 11) is 0. The minimum absolute atomic E-state index is 0.00310. The highest BCUT2D eigenvalue weighted by Crippen LogP contribution is 2.35. The summed E-state index contributed by atoms with van der Waals surface area (Å²) in [5.74, 6) is 0.220. The Balaban J connectivity index is 2.13. The second-order valence-corrected chi connectivity index (χ2v) is 5.95. The first-order valence-corrected chi connectivity index (χ1v) is 7.78. The van der Waals surface area contributed by atoms with Crippen molar-refractivity contribution in [1.82, 2.24) is 15.0 Å². The standard InChI is InChI=1S/C16H18N4O3/c1-11-7-8-13(20(22)23)9-15(11)19-16(14(10-21)17-18-19)12-5-3-2-4-6-12/h7-10,12H,2-6H2,1H3. The monoisotopic (exact) mass is 314 g/mol. The summed E-state index contributed by atoms with van der Waals surface area (Å²) in [5.41, 5.74) is 2.59. The fourth-order valence-electron chi connectivity index (χ4n) is 3.26. The van der Waals surface area contributed by atoms with Crippen LogP contribution in [0.4, 0.5) is 5.69 Å². The van der Waals surface area contributed by atoms with Gasteiger partial charge in [-0.25, -0.2) is 4.68 Å². The Kier molecular flexibility index (Phi) is 4.18. The lowest BCUT2D eigenvalue weighted by Crippen LogP contribution is -2.13. The van der Waals surface area contributed by atoms with Gasteiger partial charge in [-0.3, -0.25) is 14.9 Å². The molecule has 1 aromatic carbocycles. The molecule has 2 aromatic rings. The molecule has 0 unspecified atom stereocenters. The van der Waals surface area contributed by atoms with E-state index in [1.54, 1.807) is 10.7 Å². The number of carbonyl (C=O) groups excluding carboxylic acids is 1. The molecule has 1 heterocycles. The molecule has 120 valence electrons. The SMILES string of the molecule is Cc1ccc([N+](=O)[O-])cc1-n1nnc(C=O)c1C1CCCCC1. The molecule has 7 nitrogen and oxygen atoms in total. The van der Waals surface area contributed by atoms with E-state index in [-0.39, 0.29) is 11.6 Å². The second-order valence-electron chi connectivity index (χ2n) is 5.95.